The van der Waals surface area contributed by atoms with E-state index < -0.39 is 0 Å². The van der Waals surface area contributed by atoms with Crippen molar-refractivity contribution < 1.29 is 4.79 Å². The van der Waals surface area contributed by atoms with Crippen LogP contribution < -0.4 is 5.32 Å². The van der Waals surface area contributed by atoms with Crippen molar-refractivity contribution in [2.45, 2.75) is 18.6 Å². The standard InChI is InChI=1S/C10H18N2OS/c1-8-2-4-12(7-8)10(13)9-6-11-3-5-14-9/h8-9,11H,2-7H2,1H3. The molecule has 2 atom stereocenters. The zero-order valence-corrected chi connectivity index (χ0v) is 9.48. The molecule has 2 rings (SSSR count). The maximum Gasteiger partial charge on any atom is 0.237 e. The number of likely N-dealkylation sites (tertiary alicyclic amines) is 1. The lowest BCUT2D eigenvalue weighted by atomic mass is 10.2. The van der Waals surface area contributed by atoms with Crippen LogP contribution in [0.25, 0.3) is 0 Å². The third kappa shape index (κ3) is 2.23. The Morgan fingerprint density at radius 3 is 3.00 bits per heavy atom. The molecule has 0 spiro atoms. The van der Waals surface area contributed by atoms with Crippen LogP contribution in [0.5, 0.6) is 0 Å². The number of carbonyl (C=O) groups is 1. The third-order valence-corrected chi connectivity index (χ3v) is 4.15. The van der Waals surface area contributed by atoms with Crippen LogP contribution in [0.1, 0.15) is 13.3 Å². The highest BCUT2D eigenvalue weighted by Gasteiger charge is 2.30. The fourth-order valence-corrected chi connectivity index (χ4v) is 3.14. The van der Waals surface area contributed by atoms with E-state index in [1.165, 1.54) is 6.42 Å². The van der Waals surface area contributed by atoms with Crippen LogP contribution in [-0.2, 0) is 4.79 Å². The Labute approximate surface area is 89.6 Å². The molecule has 0 bridgehead atoms. The van der Waals surface area contributed by atoms with E-state index in [9.17, 15) is 4.79 Å². The fraction of sp³-hybridized carbons (Fsp3) is 0.900. The first kappa shape index (κ1) is 10.3. The van der Waals surface area contributed by atoms with Gasteiger partial charge in [0.25, 0.3) is 0 Å². The summed E-state index contributed by atoms with van der Waals surface area (Å²) in [5.41, 5.74) is 0. The molecule has 14 heavy (non-hydrogen) atoms. The number of nitrogens with zero attached hydrogens (tertiary/aromatic N) is 1. The maximum atomic E-state index is 12.0. The summed E-state index contributed by atoms with van der Waals surface area (Å²) in [7, 11) is 0. The second-order valence-corrected chi connectivity index (χ2v) is 5.55. The summed E-state index contributed by atoms with van der Waals surface area (Å²) in [6.07, 6.45) is 1.18. The summed E-state index contributed by atoms with van der Waals surface area (Å²) in [6.45, 7) is 6.06. The number of hydrogen-bond donors (Lipinski definition) is 1. The molecule has 80 valence electrons. The van der Waals surface area contributed by atoms with E-state index >= 15 is 0 Å². The normalized spacial score (nSPS) is 33.4. The van der Waals surface area contributed by atoms with Gasteiger partial charge in [0.2, 0.25) is 5.91 Å². The number of nitrogens with one attached hydrogen (secondary N) is 1. The molecule has 0 radical (unpaired) electrons. The molecule has 2 aliphatic rings. The Morgan fingerprint density at radius 1 is 1.57 bits per heavy atom. The molecular formula is C10H18N2OS. The minimum atomic E-state index is 0.175. The number of rotatable bonds is 1. The van der Waals surface area contributed by atoms with Crippen LogP contribution in [0.2, 0.25) is 0 Å². The number of amides is 1. The Kier molecular flexibility index (Phi) is 3.34. The van der Waals surface area contributed by atoms with Crippen molar-refractivity contribution in [3.8, 4) is 0 Å². The number of hydrogen-bond acceptors (Lipinski definition) is 3. The van der Waals surface area contributed by atoms with Crippen molar-refractivity contribution in [3.63, 3.8) is 0 Å². The van der Waals surface area contributed by atoms with Crippen LogP contribution in [0.15, 0.2) is 0 Å². The van der Waals surface area contributed by atoms with Gasteiger partial charge in [0.1, 0.15) is 0 Å². The molecule has 3 nitrogen and oxygen atoms in total. The summed E-state index contributed by atoms with van der Waals surface area (Å²) < 4.78 is 0. The van der Waals surface area contributed by atoms with Crippen molar-refractivity contribution in [2.24, 2.45) is 5.92 Å². The zero-order valence-electron chi connectivity index (χ0n) is 8.66. The highest BCUT2D eigenvalue weighted by Crippen LogP contribution is 2.21. The molecule has 2 fully saturated rings. The smallest absolute Gasteiger partial charge is 0.237 e. The summed E-state index contributed by atoms with van der Waals surface area (Å²) in [6, 6.07) is 0. The molecule has 1 amide bonds. The molecule has 0 aliphatic carbocycles. The van der Waals surface area contributed by atoms with E-state index in [0.717, 1.165) is 31.9 Å². The molecule has 0 saturated carbocycles. The first-order chi connectivity index (χ1) is 6.77. The Morgan fingerprint density at radius 2 is 2.43 bits per heavy atom. The van der Waals surface area contributed by atoms with Gasteiger partial charge in [0.05, 0.1) is 5.25 Å². The van der Waals surface area contributed by atoms with Crippen LogP contribution in [0.3, 0.4) is 0 Å². The molecule has 0 aromatic carbocycles. The van der Waals surface area contributed by atoms with E-state index in [1.807, 2.05) is 4.90 Å². The Bertz CT molecular complexity index is 209. The summed E-state index contributed by atoms with van der Waals surface area (Å²) in [5.74, 6) is 2.12. The van der Waals surface area contributed by atoms with E-state index in [2.05, 4.69) is 12.2 Å². The quantitative estimate of drug-likeness (QED) is 0.692. The number of carbonyl (C=O) groups excluding carboxylic acids is 1. The Hall–Kier alpha value is -0.220. The van der Waals surface area contributed by atoms with Crippen molar-refractivity contribution >= 4 is 17.7 Å². The predicted molar refractivity (Wildman–Crippen MR) is 59.5 cm³/mol. The topological polar surface area (TPSA) is 32.3 Å². The molecule has 0 aromatic rings. The van der Waals surface area contributed by atoms with Crippen molar-refractivity contribution in [1.29, 1.82) is 0 Å². The average Bonchev–Trinajstić information content (AvgIpc) is 2.65. The van der Waals surface area contributed by atoms with E-state index in [4.69, 9.17) is 0 Å². The summed E-state index contributed by atoms with van der Waals surface area (Å²) in [5, 5.41) is 3.46. The van der Waals surface area contributed by atoms with Gasteiger partial charge in [-0.1, -0.05) is 6.92 Å². The van der Waals surface area contributed by atoms with E-state index in [1.54, 1.807) is 11.8 Å². The molecular weight excluding hydrogens is 196 g/mol. The zero-order chi connectivity index (χ0) is 9.97. The summed E-state index contributed by atoms with van der Waals surface area (Å²) >= 11 is 1.81. The van der Waals surface area contributed by atoms with Crippen LogP contribution in [0.4, 0.5) is 0 Å². The monoisotopic (exact) mass is 214 g/mol. The first-order valence-electron chi connectivity index (χ1n) is 5.38. The second kappa shape index (κ2) is 4.53. The minimum Gasteiger partial charge on any atom is -0.341 e. The van der Waals surface area contributed by atoms with Gasteiger partial charge in [-0.25, -0.2) is 0 Å². The van der Waals surface area contributed by atoms with Gasteiger partial charge < -0.3 is 10.2 Å². The van der Waals surface area contributed by atoms with Gasteiger partial charge >= 0.3 is 0 Å². The molecule has 1 N–H and O–H groups in total. The third-order valence-electron chi connectivity index (χ3n) is 2.94. The average molecular weight is 214 g/mol. The molecule has 2 saturated heterocycles. The molecule has 2 heterocycles. The second-order valence-electron chi connectivity index (χ2n) is 4.24. The maximum absolute atomic E-state index is 12.0. The van der Waals surface area contributed by atoms with Gasteiger partial charge in [-0.15, -0.1) is 11.8 Å². The van der Waals surface area contributed by atoms with Gasteiger partial charge in [-0.3, -0.25) is 4.79 Å². The molecule has 2 unspecified atom stereocenters. The minimum absolute atomic E-state index is 0.175. The van der Waals surface area contributed by atoms with Crippen LogP contribution in [0, 0.1) is 5.92 Å². The highest BCUT2D eigenvalue weighted by atomic mass is 32.2. The molecule has 0 aromatic heterocycles. The largest absolute Gasteiger partial charge is 0.341 e. The van der Waals surface area contributed by atoms with E-state index in [-0.39, 0.29) is 5.25 Å². The lowest BCUT2D eigenvalue weighted by Gasteiger charge is -2.26. The van der Waals surface area contributed by atoms with E-state index in [0.29, 0.717) is 11.8 Å². The lowest BCUT2D eigenvalue weighted by Crippen LogP contribution is -2.44. The number of thioether (sulfide) groups is 1. The molecule has 4 heteroatoms. The summed E-state index contributed by atoms with van der Waals surface area (Å²) in [4.78, 5) is 14.0. The fourth-order valence-electron chi connectivity index (χ4n) is 2.06. The Balaban J connectivity index is 1.87. The van der Waals surface area contributed by atoms with Gasteiger partial charge in [-0.2, -0.15) is 0 Å². The lowest BCUT2D eigenvalue weighted by molar-refractivity contribution is -0.129. The van der Waals surface area contributed by atoms with Gasteiger partial charge in [0, 0.05) is 31.9 Å². The van der Waals surface area contributed by atoms with Crippen LogP contribution >= 0.6 is 11.8 Å². The van der Waals surface area contributed by atoms with Crippen molar-refractivity contribution in [1.82, 2.24) is 10.2 Å². The SMILES string of the molecule is CC1CCN(C(=O)C2CNCCS2)C1. The van der Waals surface area contributed by atoms with Gasteiger partial charge in [-0.05, 0) is 12.3 Å². The van der Waals surface area contributed by atoms with Crippen molar-refractivity contribution in [2.75, 3.05) is 31.9 Å². The highest BCUT2D eigenvalue weighted by molar-refractivity contribution is 8.00. The predicted octanol–water partition coefficient (Wildman–Crippen LogP) is 0.560. The molecule has 2 aliphatic heterocycles. The van der Waals surface area contributed by atoms with Crippen molar-refractivity contribution in [3.05, 3.63) is 0 Å². The first-order valence-corrected chi connectivity index (χ1v) is 6.43. The van der Waals surface area contributed by atoms with Gasteiger partial charge in [0.15, 0.2) is 0 Å². The van der Waals surface area contributed by atoms with Crippen LogP contribution in [-0.4, -0.2) is 48.0 Å².